The SMILES string of the molecule is O=C(Cl)C(=O)c1c(C2CC2)cc2ccccn12. The summed E-state index contributed by atoms with van der Waals surface area (Å²) < 4.78 is 1.75. The van der Waals surface area contributed by atoms with Gasteiger partial charge in [0.15, 0.2) is 0 Å². The normalized spacial score (nSPS) is 15.1. The quantitative estimate of drug-likeness (QED) is 0.475. The summed E-state index contributed by atoms with van der Waals surface area (Å²) in [5.41, 5.74) is 2.31. The Bertz CT molecular complexity index is 625. The van der Waals surface area contributed by atoms with Crippen molar-refractivity contribution in [1.82, 2.24) is 4.40 Å². The first-order valence-electron chi connectivity index (χ1n) is 5.52. The number of fused-ring (bicyclic) bond motifs is 1. The fourth-order valence-corrected chi connectivity index (χ4v) is 2.27. The maximum Gasteiger partial charge on any atom is 0.294 e. The van der Waals surface area contributed by atoms with E-state index in [0.717, 1.165) is 23.9 Å². The molecule has 3 rings (SSSR count). The summed E-state index contributed by atoms with van der Waals surface area (Å²) in [6, 6.07) is 7.63. The van der Waals surface area contributed by atoms with E-state index in [1.165, 1.54) is 0 Å². The summed E-state index contributed by atoms with van der Waals surface area (Å²) in [6.45, 7) is 0. The summed E-state index contributed by atoms with van der Waals surface area (Å²) in [7, 11) is 0. The molecule has 2 aromatic rings. The fourth-order valence-electron chi connectivity index (χ4n) is 2.18. The molecule has 1 fully saturated rings. The standard InChI is InChI=1S/C13H10ClNO2/c14-13(17)12(16)11-10(8-4-5-8)7-9-3-1-2-6-15(9)11/h1-3,6-8H,4-5H2. The molecule has 1 saturated carbocycles. The van der Waals surface area contributed by atoms with Crippen molar-refractivity contribution < 1.29 is 9.59 Å². The third kappa shape index (κ3) is 1.67. The zero-order chi connectivity index (χ0) is 12.0. The first kappa shape index (κ1) is 10.5. The number of hydrogen-bond donors (Lipinski definition) is 0. The first-order chi connectivity index (χ1) is 8.18. The van der Waals surface area contributed by atoms with Crippen molar-refractivity contribution in [3.63, 3.8) is 0 Å². The second-order valence-corrected chi connectivity index (χ2v) is 4.66. The van der Waals surface area contributed by atoms with Gasteiger partial charge in [-0.3, -0.25) is 9.59 Å². The number of nitrogens with zero attached hydrogens (tertiary/aromatic N) is 1. The molecular formula is C13H10ClNO2. The van der Waals surface area contributed by atoms with Crippen LogP contribution in [0.15, 0.2) is 30.5 Å². The zero-order valence-electron chi connectivity index (χ0n) is 9.02. The number of carbonyl (C=O) groups excluding carboxylic acids is 2. The molecule has 0 radical (unpaired) electrons. The maximum absolute atomic E-state index is 11.9. The van der Waals surface area contributed by atoms with E-state index in [1.54, 1.807) is 10.6 Å². The van der Waals surface area contributed by atoms with Crippen LogP contribution in [0.4, 0.5) is 0 Å². The first-order valence-corrected chi connectivity index (χ1v) is 5.90. The van der Waals surface area contributed by atoms with Gasteiger partial charge in [-0.2, -0.15) is 0 Å². The van der Waals surface area contributed by atoms with Crippen molar-refractivity contribution in [2.24, 2.45) is 0 Å². The molecule has 4 heteroatoms. The van der Waals surface area contributed by atoms with E-state index in [4.69, 9.17) is 11.6 Å². The van der Waals surface area contributed by atoms with Crippen LogP contribution in [-0.2, 0) is 4.79 Å². The molecule has 0 spiro atoms. The van der Waals surface area contributed by atoms with Crippen molar-refractivity contribution in [2.75, 3.05) is 0 Å². The molecule has 0 atom stereocenters. The van der Waals surface area contributed by atoms with E-state index in [9.17, 15) is 9.59 Å². The Morgan fingerprint density at radius 2 is 2.06 bits per heavy atom. The van der Waals surface area contributed by atoms with Crippen LogP contribution in [-0.4, -0.2) is 15.4 Å². The van der Waals surface area contributed by atoms with Gasteiger partial charge in [-0.15, -0.1) is 0 Å². The molecule has 2 heterocycles. The molecule has 0 aliphatic heterocycles. The molecule has 0 bridgehead atoms. The average Bonchev–Trinajstić information content (AvgIpc) is 3.09. The minimum absolute atomic E-state index is 0.407. The van der Waals surface area contributed by atoms with Gasteiger partial charge in [0.25, 0.3) is 11.0 Å². The van der Waals surface area contributed by atoms with E-state index in [0.29, 0.717) is 11.6 Å². The van der Waals surface area contributed by atoms with Gasteiger partial charge in [-0.05, 0) is 54.1 Å². The second kappa shape index (κ2) is 3.70. The van der Waals surface area contributed by atoms with Crippen LogP contribution in [0, 0.1) is 0 Å². The van der Waals surface area contributed by atoms with E-state index in [1.807, 2.05) is 24.3 Å². The molecule has 0 aromatic carbocycles. The zero-order valence-corrected chi connectivity index (χ0v) is 9.78. The number of carbonyl (C=O) groups is 2. The summed E-state index contributed by atoms with van der Waals surface area (Å²) in [5.74, 6) is -0.204. The topological polar surface area (TPSA) is 38.5 Å². The van der Waals surface area contributed by atoms with Crippen molar-refractivity contribution >= 4 is 28.1 Å². The number of pyridine rings is 1. The van der Waals surface area contributed by atoms with Crippen molar-refractivity contribution in [2.45, 2.75) is 18.8 Å². The number of rotatable bonds is 3. The van der Waals surface area contributed by atoms with Crippen LogP contribution >= 0.6 is 11.6 Å². The Hall–Kier alpha value is -1.61. The van der Waals surface area contributed by atoms with E-state index < -0.39 is 11.0 Å². The van der Waals surface area contributed by atoms with Gasteiger partial charge in [-0.1, -0.05) is 6.07 Å². The van der Waals surface area contributed by atoms with Crippen LogP contribution in [0.2, 0.25) is 0 Å². The molecular weight excluding hydrogens is 238 g/mol. The largest absolute Gasteiger partial charge is 0.313 e. The molecule has 0 unspecified atom stereocenters. The Morgan fingerprint density at radius 3 is 2.71 bits per heavy atom. The summed E-state index contributed by atoms with van der Waals surface area (Å²) in [6.07, 6.45) is 3.94. The Labute approximate surface area is 103 Å². The lowest BCUT2D eigenvalue weighted by molar-refractivity contribution is -0.108. The highest BCUT2D eigenvalue weighted by Crippen LogP contribution is 2.43. The lowest BCUT2D eigenvalue weighted by Gasteiger charge is -2.01. The molecule has 2 aromatic heterocycles. The third-order valence-electron chi connectivity index (χ3n) is 3.12. The Balaban J connectivity index is 2.28. The maximum atomic E-state index is 11.9. The molecule has 0 N–H and O–H groups in total. The van der Waals surface area contributed by atoms with Crippen LogP contribution in [0.25, 0.3) is 5.52 Å². The minimum atomic E-state index is -0.921. The molecule has 86 valence electrons. The van der Waals surface area contributed by atoms with Gasteiger partial charge >= 0.3 is 0 Å². The summed E-state index contributed by atoms with van der Waals surface area (Å²) in [5, 5.41) is -0.921. The van der Waals surface area contributed by atoms with E-state index >= 15 is 0 Å². The van der Waals surface area contributed by atoms with Gasteiger partial charge in [0, 0.05) is 11.7 Å². The number of Topliss-reactive ketones (excluding diaryl/α,β-unsaturated/α-hetero) is 1. The number of halogens is 1. The van der Waals surface area contributed by atoms with Crippen LogP contribution < -0.4 is 0 Å². The lowest BCUT2D eigenvalue weighted by Crippen LogP contribution is -2.12. The van der Waals surface area contributed by atoms with Crippen molar-refractivity contribution in [3.8, 4) is 0 Å². The van der Waals surface area contributed by atoms with Crippen LogP contribution in [0.3, 0.4) is 0 Å². The number of aromatic nitrogens is 1. The highest BCUT2D eigenvalue weighted by Gasteiger charge is 2.32. The molecule has 1 aliphatic carbocycles. The van der Waals surface area contributed by atoms with E-state index in [2.05, 4.69) is 0 Å². The fraction of sp³-hybridized carbons (Fsp3) is 0.231. The average molecular weight is 248 g/mol. The minimum Gasteiger partial charge on any atom is -0.313 e. The van der Waals surface area contributed by atoms with Crippen LogP contribution in [0.1, 0.15) is 34.8 Å². The van der Waals surface area contributed by atoms with Gasteiger partial charge in [0.05, 0.1) is 0 Å². The van der Waals surface area contributed by atoms with E-state index in [-0.39, 0.29) is 0 Å². The highest BCUT2D eigenvalue weighted by molar-refractivity contribution is 6.83. The molecule has 0 amide bonds. The Morgan fingerprint density at radius 1 is 1.29 bits per heavy atom. The third-order valence-corrected chi connectivity index (χ3v) is 3.29. The second-order valence-electron chi connectivity index (χ2n) is 4.32. The van der Waals surface area contributed by atoms with Gasteiger partial charge in [0.1, 0.15) is 5.69 Å². The molecule has 17 heavy (non-hydrogen) atoms. The number of ketones is 1. The molecule has 1 aliphatic rings. The predicted octanol–water partition coefficient (Wildman–Crippen LogP) is 2.76. The van der Waals surface area contributed by atoms with Crippen molar-refractivity contribution in [3.05, 3.63) is 41.7 Å². The number of hydrogen-bond acceptors (Lipinski definition) is 2. The van der Waals surface area contributed by atoms with Gasteiger partial charge in [0.2, 0.25) is 0 Å². The summed E-state index contributed by atoms with van der Waals surface area (Å²) in [4.78, 5) is 23.0. The summed E-state index contributed by atoms with van der Waals surface area (Å²) >= 11 is 5.32. The molecule has 0 saturated heterocycles. The monoisotopic (exact) mass is 247 g/mol. The van der Waals surface area contributed by atoms with Gasteiger partial charge in [-0.25, -0.2) is 0 Å². The molecule has 3 nitrogen and oxygen atoms in total. The predicted molar refractivity (Wildman–Crippen MR) is 64.6 cm³/mol. The Kier molecular flexibility index (Phi) is 2.30. The highest BCUT2D eigenvalue weighted by atomic mass is 35.5. The van der Waals surface area contributed by atoms with Crippen LogP contribution in [0.5, 0.6) is 0 Å². The van der Waals surface area contributed by atoms with Crippen molar-refractivity contribution in [1.29, 1.82) is 0 Å². The lowest BCUT2D eigenvalue weighted by atomic mass is 10.1. The smallest absolute Gasteiger partial charge is 0.294 e. The van der Waals surface area contributed by atoms with Gasteiger partial charge < -0.3 is 4.40 Å².